The summed E-state index contributed by atoms with van der Waals surface area (Å²) in [5.74, 6) is 1.83. The normalized spacial score (nSPS) is 30.9. The van der Waals surface area contributed by atoms with E-state index < -0.39 is 0 Å². The van der Waals surface area contributed by atoms with Gasteiger partial charge in [0.1, 0.15) is 0 Å². The van der Waals surface area contributed by atoms with Crippen molar-refractivity contribution < 1.29 is 4.79 Å². The van der Waals surface area contributed by atoms with E-state index in [9.17, 15) is 4.79 Å². The summed E-state index contributed by atoms with van der Waals surface area (Å²) in [6.07, 6.45) is 7.31. The van der Waals surface area contributed by atoms with Crippen molar-refractivity contribution in [3.05, 3.63) is 0 Å². The van der Waals surface area contributed by atoms with Crippen LogP contribution in [-0.4, -0.2) is 24.5 Å². The molecule has 3 unspecified atom stereocenters. The van der Waals surface area contributed by atoms with E-state index in [-0.39, 0.29) is 11.9 Å². The molecule has 98 valence electrons. The van der Waals surface area contributed by atoms with Gasteiger partial charge in [-0.05, 0) is 44.6 Å². The maximum atomic E-state index is 12.1. The van der Waals surface area contributed by atoms with Crippen LogP contribution in [0.2, 0.25) is 0 Å². The van der Waals surface area contributed by atoms with E-state index in [2.05, 4.69) is 24.5 Å². The summed E-state index contributed by atoms with van der Waals surface area (Å²) in [6.45, 7) is 5.35. The van der Waals surface area contributed by atoms with Gasteiger partial charge in [0.15, 0.2) is 0 Å². The van der Waals surface area contributed by atoms with E-state index in [0.29, 0.717) is 6.04 Å². The van der Waals surface area contributed by atoms with Crippen molar-refractivity contribution in [3.63, 3.8) is 0 Å². The third-order valence-electron chi connectivity index (χ3n) is 4.18. The topological polar surface area (TPSA) is 41.1 Å². The third kappa shape index (κ3) is 3.98. The first-order chi connectivity index (χ1) is 8.19. The van der Waals surface area contributed by atoms with Crippen LogP contribution in [0, 0.1) is 11.8 Å². The number of carbonyl (C=O) groups excluding carboxylic acids is 1. The summed E-state index contributed by atoms with van der Waals surface area (Å²) < 4.78 is 0. The monoisotopic (exact) mass is 238 g/mol. The van der Waals surface area contributed by atoms with E-state index in [1.165, 1.54) is 25.7 Å². The maximum absolute atomic E-state index is 12.1. The number of hydrogen-bond donors (Lipinski definition) is 2. The largest absolute Gasteiger partial charge is 0.352 e. The predicted octanol–water partition coefficient (Wildman–Crippen LogP) is 2.07. The standard InChI is InChI=1S/C14H26N2O/c1-3-11-6-7-15-13(9-11)14(17)16-10(2)8-12-4-5-12/h10-13,15H,3-9H2,1-2H3,(H,16,17). The molecule has 3 atom stereocenters. The highest BCUT2D eigenvalue weighted by Crippen LogP contribution is 2.33. The number of amides is 1. The molecule has 3 heteroatoms. The van der Waals surface area contributed by atoms with Crippen molar-refractivity contribution in [2.24, 2.45) is 11.8 Å². The molecule has 1 amide bonds. The Morgan fingerprint density at radius 3 is 2.76 bits per heavy atom. The Hall–Kier alpha value is -0.570. The Labute approximate surface area is 105 Å². The van der Waals surface area contributed by atoms with Crippen LogP contribution in [0.3, 0.4) is 0 Å². The van der Waals surface area contributed by atoms with Crippen LogP contribution in [0.5, 0.6) is 0 Å². The molecule has 1 aliphatic heterocycles. The fourth-order valence-corrected chi connectivity index (χ4v) is 2.82. The van der Waals surface area contributed by atoms with Crippen LogP contribution in [0.25, 0.3) is 0 Å². The molecule has 0 radical (unpaired) electrons. The second kappa shape index (κ2) is 5.85. The molecule has 17 heavy (non-hydrogen) atoms. The zero-order chi connectivity index (χ0) is 12.3. The lowest BCUT2D eigenvalue weighted by Gasteiger charge is -2.29. The van der Waals surface area contributed by atoms with E-state index >= 15 is 0 Å². The summed E-state index contributed by atoms with van der Waals surface area (Å²) >= 11 is 0. The van der Waals surface area contributed by atoms with Gasteiger partial charge in [0.25, 0.3) is 0 Å². The van der Waals surface area contributed by atoms with Crippen molar-refractivity contribution >= 4 is 5.91 Å². The fourth-order valence-electron chi connectivity index (χ4n) is 2.82. The van der Waals surface area contributed by atoms with Gasteiger partial charge in [0, 0.05) is 6.04 Å². The Kier molecular flexibility index (Phi) is 4.43. The average molecular weight is 238 g/mol. The summed E-state index contributed by atoms with van der Waals surface area (Å²) in [7, 11) is 0. The lowest BCUT2D eigenvalue weighted by molar-refractivity contribution is -0.124. The van der Waals surface area contributed by atoms with Gasteiger partial charge < -0.3 is 10.6 Å². The minimum absolute atomic E-state index is 0.0513. The Morgan fingerprint density at radius 1 is 1.35 bits per heavy atom. The summed E-state index contributed by atoms with van der Waals surface area (Å²) in [5.41, 5.74) is 0. The Morgan fingerprint density at radius 2 is 2.12 bits per heavy atom. The van der Waals surface area contributed by atoms with Crippen molar-refractivity contribution in [2.75, 3.05) is 6.54 Å². The van der Waals surface area contributed by atoms with E-state index in [1.807, 2.05) is 0 Å². The second-order valence-corrected chi connectivity index (χ2v) is 5.89. The highest BCUT2D eigenvalue weighted by Gasteiger charge is 2.28. The molecule has 3 nitrogen and oxygen atoms in total. The summed E-state index contributed by atoms with van der Waals surface area (Å²) in [5, 5.41) is 6.51. The summed E-state index contributed by atoms with van der Waals surface area (Å²) in [4.78, 5) is 12.1. The number of nitrogens with one attached hydrogen (secondary N) is 2. The highest BCUT2D eigenvalue weighted by molar-refractivity contribution is 5.82. The molecule has 0 bridgehead atoms. The quantitative estimate of drug-likeness (QED) is 0.770. The van der Waals surface area contributed by atoms with Gasteiger partial charge in [-0.2, -0.15) is 0 Å². The molecule has 1 saturated heterocycles. The molecule has 1 heterocycles. The number of piperidine rings is 1. The second-order valence-electron chi connectivity index (χ2n) is 5.89. The lowest BCUT2D eigenvalue weighted by atomic mass is 9.90. The molecule has 2 aliphatic rings. The molecule has 2 fully saturated rings. The molecule has 0 aromatic heterocycles. The summed E-state index contributed by atoms with van der Waals surface area (Å²) in [6, 6.07) is 0.397. The van der Waals surface area contributed by atoms with Crippen LogP contribution < -0.4 is 10.6 Å². The molecular formula is C14H26N2O. The van der Waals surface area contributed by atoms with E-state index in [4.69, 9.17) is 0 Å². The minimum Gasteiger partial charge on any atom is -0.352 e. The Bertz CT molecular complexity index is 263. The molecule has 0 aromatic carbocycles. The van der Waals surface area contributed by atoms with E-state index in [1.54, 1.807) is 0 Å². The first kappa shape index (κ1) is 12.9. The molecule has 0 spiro atoms. The van der Waals surface area contributed by atoms with Gasteiger partial charge in [-0.3, -0.25) is 4.79 Å². The van der Waals surface area contributed by atoms with Gasteiger partial charge in [-0.1, -0.05) is 26.2 Å². The van der Waals surface area contributed by atoms with Crippen molar-refractivity contribution in [1.82, 2.24) is 10.6 Å². The smallest absolute Gasteiger partial charge is 0.237 e. The molecular weight excluding hydrogens is 212 g/mol. The number of carbonyl (C=O) groups is 1. The van der Waals surface area contributed by atoms with Gasteiger partial charge >= 0.3 is 0 Å². The zero-order valence-corrected chi connectivity index (χ0v) is 11.2. The fraction of sp³-hybridized carbons (Fsp3) is 0.929. The predicted molar refractivity (Wildman–Crippen MR) is 69.8 cm³/mol. The molecule has 2 rings (SSSR count). The molecule has 1 saturated carbocycles. The van der Waals surface area contributed by atoms with Gasteiger partial charge in [0.2, 0.25) is 5.91 Å². The average Bonchev–Trinajstić information content (AvgIpc) is 3.12. The highest BCUT2D eigenvalue weighted by atomic mass is 16.2. The SMILES string of the molecule is CCC1CCNC(C(=O)NC(C)CC2CC2)C1. The van der Waals surface area contributed by atoms with Crippen molar-refractivity contribution in [2.45, 2.75) is 64.5 Å². The molecule has 1 aliphatic carbocycles. The minimum atomic E-state index is 0.0513. The zero-order valence-electron chi connectivity index (χ0n) is 11.2. The first-order valence-electron chi connectivity index (χ1n) is 7.22. The Balaban J connectivity index is 1.73. The molecule has 0 aromatic rings. The van der Waals surface area contributed by atoms with Gasteiger partial charge in [-0.15, -0.1) is 0 Å². The third-order valence-corrected chi connectivity index (χ3v) is 4.18. The van der Waals surface area contributed by atoms with Crippen LogP contribution in [0.4, 0.5) is 0 Å². The van der Waals surface area contributed by atoms with Crippen molar-refractivity contribution in [3.8, 4) is 0 Å². The number of hydrogen-bond acceptors (Lipinski definition) is 2. The van der Waals surface area contributed by atoms with Crippen LogP contribution in [0.15, 0.2) is 0 Å². The maximum Gasteiger partial charge on any atom is 0.237 e. The van der Waals surface area contributed by atoms with Gasteiger partial charge in [0.05, 0.1) is 6.04 Å². The number of rotatable bonds is 5. The van der Waals surface area contributed by atoms with Crippen LogP contribution in [0.1, 0.15) is 52.4 Å². The van der Waals surface area contributed by atoms with E-state index in [0.717, 1.165) is 31.2 Å². The van der Waals surface area contributed by atoms with Crippen LogP contribution in [-0.2, 0) is 4.79 Å². The van der Waals surface area contributed by atoms with Crippen LogP contribution >= 0.6 is 0 Å². The van der Waals surface area contributed by atoms with Crippen molar-refractivity contribution in [1.29, 1.82) is 0 Å². The van der Waals surface area contributed by atoms with Gasteiger partial charge in [-0.25, -0.2) is 0 Å². The molecule has 2 N–H and O–H groups in total. The lowest BCUT2D eigenvalue weighted by Crippen LogP contribution is -2.50. The first-order valence-corrected chi connectivity index (χ1v) is 7.22.